The average molecular weight is 229 g/mol. The van der Waals surface area contributed by atoms with E-state index in [-0.39, 0.29) is 0 Å². The first-order valence-electron chi connectivity index (χ1n) is 5.86. The zero-order valence-corrected chi connectivity index (χ0v) is 10.1. The van der Waals surface area contributed by atoms with Crippen molar-refractivity contribution < 1.29 is 5.21 Å². The molecule has 0 saturated carbocycles. The van der Waals surface area contributed by atoms with Crippen molar-refractivity contribution >= 4 is 0 Å². The molecule has 0 unspecified atom stereocenters. The third-order valence-corrected chi connectivity index (χ3v) is 2.24. The molecule has 90 valence electrons. The van der Waals surface area contributed by atoms with Crippen molar-refractivity contribution in [1.29, 1.82) is 0 Å². The maximum absolute atomic E-state index is 7.82. The molecule has 0 aliphatic carbocycles. The minimum Gasteiger partial charge on any atom is -0.317 e. The van der Waals surface area contributed by atoms with E-state index in [1.807, 2.05) is 24.5 Å². The van der Waals surface area contributed by atoms with E-state index in [1.165, 1.54) is 11.1 Å². The molecule has 0 bridgehead atoms. The van der Waals surface area contributed by atoms with Crippen molar-refractivity contribution in [1.82, 2.24) is 5.48 Å². The van der Waals surface area contributed by atoms with Gasteiger partial charge in [0, 0.05) is 6.54 Å². The van der Waals surface area contributed by atoms with Crippen molar-refractivity contribution in [3.05, 3.63) is 60.7 Å². The zero-order chi connectivity index (χ0) is 12.3. The Kier molecular flexibility index (Phi) is 6.72. The minimum atomic E-state index is 0.694. The Hall–Kier alpha value is -1.64. The van der Waals surface area contributed by atoms with E-state index in [9.17, 15) is 0 Å². The minimum absolute atomic E-state index is 0.694. The van der Waals surface area contributed by atoms with E-state index in [0.717, 1.165) is 6.42 Å². The molecule has 17 heavy (non-hydrogen) atoms. The topological polar surface area (TPSA) is 32.3 Å². The highest BCUT2D eigenvalue weighted by Gasteiger charge is 1.91. The Morgan fingerprint density at radius 2 is 1.24 bits per heavy atom. The standard InChI is InChI=1S/C12H10.C3H9NO/c1-3-7-11(8-4-1)12-9-5-2-6-10-12;1-2-3-4-5/h1-10H;4-5H,2-3H2,1H3. The van der Waals surface area contributed by atoms with Gasteiger partial charge in [0.2, 0.25) is 0 Å². The van der Waals surface area contributed by atoms with Crippen LogP contribution in [0.2, 0.25) is 0 Å². The second-order valence-corrected chi connectivity index (χ2v) is 3.64. The Balaban J connectivity index is 0.000000249. The van der Waals surface area contributed by atoms with E-state index >= 15 is 0 Å². The zero-order valence-electron chi connectivity index (χ0n) is 10.1. The summed E-state index contributed by atoms with van der Waals surface area (Å²) in [4.78, 5) is 0. The molecule has 2 aromatic rings. The SMILES string of the molecule is CCCNO.c1ccc(-c2ccccc2)cc1. The van der Waals surface area contributed by atoms with Gasteiger partial charge in [0.05, 0.1) is 0 Å². The van der Waals surface area contributed by atoms with E-state index < -0.39 is 0 Å². The first kappa shape index (κ1) is 13.4. The van der Waals surface area contributed by atoms with Gasteiger partial charge >= 0.3 is 0 Å². The molecule has 0 aliphatic heterocycles. The van der Waals surface area contributed by atoms with Crippen LogP contribution in [0.1, 0.15) is 13.3 Å². The second-order valence-electron chi connectivity index (χ2n) is 3.64. The molecule has 0 aromatic heterocycles. The normalized spacial score (nSPS) is 9.29. The van der Waals surface area contributed by atoms with Gasteiger partial charge in [-0.2, -0.15) is 0 Å². The molecule has 0 amide bonds. The Bertz CT molecular complexity index is 347. The third kappa shape index (κ3) is 5.29. The summed E-state index contributed by atoms with van der Waals surface area (Å²) in [5.74, 6) is 0. The van der Waals surface area contributed by atoms with Crippen LogP contribution >= 0.6 is 0 Å². The van der Waals surface area contributed by atoms with Crippen LogP contribution in [0.3, 0.4) is 0 Å². The van der Waals surface area contributed by atoms with Gasteiger partial charge in [0.15, 0.2) is 0 Å². The maximum Gasteiger partial charge on any atom is 0.0204 e. The van der Waals surface area contributed by atoms with Gasteiger partial charge in [-0.1, -0.05) is 67.6 Å². The van der Waals surface area contributed by atoms with Gasteiger partial charge in [-0.15, -0.1) is 0 Å². The molecule has 2 rings (SSSR count). The highest BCUT2D eigenvalue weighted by Crippen LogP contribution is 2.17. The summed E-state index contributed by atoms with van der Waals surface area (Å²) >= 11 is 0. The van der Waals surface area contributed by atoms with E-state index in [2.05, 4.69) is 48.5 Å². The summed E-state index contributed by atoms with van der Waals surface area (Å²) in [7, 11) is 0. The van der Waals surface area contributed by atoms with Crippen LogP contribution in [0.15, 0.2) is 60.7 Å². The molecular weight excluding hydrogens is 210 g/mol. The van der Waals surface area contributed by atoms with E-state index in [4.69, 9.17) is 5.21 Å². The molecule has 0 atom stereocenters. The number of nitrogens with one attached hydrogen (secondary N) is 1. The Morgan fingerprint density at radius 1 is 0.824 bits per heavy atom. The van der Waals surface area contributed by atoms with Crippen molar-refractivity contribution in [2.24, 2.45) is 0 Å². The smallest absolute Gasteiger partial charge is 0.0204 e. The highest BCUT2D eigenvalue weighted by atomic mass is 16.5. The van der Waals surface area contributed by atoms with Gasteiger partial charge in [-0.3, -0.25) is 0 Å². The van der Waals surface area contributed by atoms with Crippen molar-refractivity contribution in [2.45, 2.75) is 13.3 Å². The van der Waals surface area contributed by atoms with Crippen LogP contribution in [-0.2, 0) is 0 Å². The van der Waals surface area contributed by atoms with E-state index in [0.29, 0.717) is 6.54 Å². The number of hydroxylamine groups is 1. The maximum atomic E-state index is 7.82. The number of rotatable bonds is 3. The predicted octanol–water partition coefficient (Wildman–Crippen LogP) is 3.73. The Labute approximate surface area is 103 Å². The van der Waals surface area contributed by atoms with Gasteiger partial charge < -0.3 is 5.21 Å². The van der Waals surface area contributed by atoms with Crippen LogP contribution in [0.5, 0.6) is 0 Å². The number of benzene rings is 2. The fourth-order valence-corrected chi connectivity index (χ4v) is 1.37. The second kappa shape index (κ2) is 8.50. The highest BCUT2D eigenvalue weighted by molar-refractivity contribution is 5.62. The summed E-state index contributed by atoms with van der Waals surface area (Å²) in [6, 6.07) is 20.8. The molecule has 0 spiro atoms. The van der Waals surface area contributed by atoms with Crippen LogP contribution in [0.4, 0.5) is 0 Å². The van der Waals surface area contributed by atoms with Crippen molar-refractivity contribution in [3.63, 3.8) is 0 Å². The first-order valence-corrected chi connectivity index (χ1v) is 5.86. The number of hydrogen-bond acceptors (Lipinski definition) is 2. The lowest BCUT2D eigenvalue weighted by atomic mass is 10.1. The van der Waals surface area contributed by atoms with Crippen LogP contribution in [0, 0.1) is 0 Å². The number of hydrogen-bond donors (Lipinski definition) is 2. The van der Waals surface area contributed by atoms with Crippen LogP contribution < -0.4 is 5.48 Å². The molecule has 2 aromatic carbocycles. The molecule has 0 fully saturated rings. The average Bonchev–Trinajstić information content (AvgIpc) is 2.42. The lowest BCUT2D eigenvalue weighted by molar-refractivity contribution is 0.167. The summed E-state index contributed by atoms with van der Waals surface area (Å²) in [5.41, 5.74) is 4.57. The summed E-state index contributed by atoms with van der Waals surface area (Å²) in [6.45, 7) is 2.68. The van der Waals surface area contributed by atoms with Crippen molar-refractivity contribution in [3.8, 4) is 11.1 Å². The quantitative estimate of drug-likeness (QED) is 0.786. The predicted molar refractivity (Wildman–Crippen MR) is 72.0 cm³/mol. The van der Waals surface area contributed by atoms with Crippen LogP contribution in [-0.4, -0.2) is 11.8 Å². The van der Waals surface area contributed by atoms with Gasteiger partial charge in [-0.05, 0) is 17.5 Å². The largest absolute Gasteiger partial charge is 0.317 e. The fraction of sp³-hybridized carbons (Fsp3) is 0.200. The van der Waals surface area contributed by atoms with E-state index in [1.54, 1.807) is 0 Å². The summed E-state index contributed by atoms with van der Waals surface area (Å²) in [6.07, 6.45) is 0.983. The molecule has 0 saturated heterocycles. The monoisotopic (exact) mass is 229 g/mol. The summed E-state index contributed by atoms with van der Waals surface area (Å²) in [5, 5.41) is 7.82. The fourth-order valence-electron chi connectivity index (χ4n) is 1.37. The van der Waals surface area contributed by atoms with Crippen molar-refractivity contribution in [2.75, 3.05) is 6.54 Å². The molecular formula is C15H19NO. The lowest BCUT2D eigenvalue weighted by Crippen LogP contribution is -2.06. The molecule has 0 aliphatic rings. The van der Waals surface area contributed by atoms with Gasteiger partial charge in [0.1, 0.15) is 0 Å². The molecule has 2 N–H and O–H groups in total. The molecule has 0 radical (unpaired) electrons. The Morgan fingerprint density at radius 3 is 1.47 bits per heavy atom. The van der Waals surface area contributed by atoms with Gasteiger partial charge in [0.25, 0.3) is 0 Å². The van der Waals surface area contributed by atoms with Crippen LogP contribution in [0.25, 0.3) is 11.1 Å². The molecule has 0 heterocycles. The molecule has 2 heteroatoms. The first-order chi connectivity index (χ1) is 8.38. The molecule has 2 nitrogen and oxygen atoms in total. The lowest BCUT2D eigenvalue weighted by Gasteiger charge is -1.98. The van der Waals surface area contributed by atoms with Gasteiger partial charge in [-0.25, -0.2) is 5.48 Å². The third-order valence-electron chi connectivity index (χ3n) is 2.24. The summed E-state index contributed by atoms with van der Waals surface area (Å²) < 4.78 is 0.